The van der Waals surface area contributed by atoms with Gasteiger partial charge in [-0.05, 0) is 36.4 Å². The number of nitrogens with one attached hydrogen (secondary N) is 2. The normalized spacial score (nSPS) is 11.8. The molecule has 0 saturated carbocycles. The summed E-state index contributed by atoms with van der Waals surface area (Å²) in [6.07, 6.45) is 5.20. The van der Waals surface area contributed by atoms with Crippen LogP contribution in [-0.2, 0) is 0 Å². The second-order valence-electron chi connectivity index (χ2n) is 5.88. The molecule has 0 amide bonds. The summed E-state index contributed by atoms with van der Waals surface area (Å²) < 4.78 is 13.5. The minimum atomic E-state index is -0.460. The Hall–Kier alpha value is -3.25. The fourth-order valence-corrected chi connectivity index (χ4v) is 3.26. The zero-order valence-electron chi connectivity index (χ0n) is 13.3. The maximum Gasteiger partial charge on any atom is 0.141 e. The third kappa shape index (κ3) is 2.27. The first-order valence-electron chi connectivity index (χ1n) is 7.93. The standard InChI is InChI=1S/C19H11ClFN5/c20-13-8-10(3-4-14(13)21)18-25-16-11-5-7-22-9-15(11)24-19-12(17(16)26-18)2-1-6-23-19/h1-9H,(H,23,24)(H,25,26). The number of rotatable bonds is 1. The SMILES string of the molecule is Fc1ccc(-c2nc3c([nH]2)-c2ccncc2Nc2ncccc2-3)cc1Cl. The van der Waals surface area contributed by atoms with Crippen molar-refractivity contribution in [3.8, 4) is 33.9 Å². The van der Waals surface area contributed by atoms with Crippen LogP contribution in [0.5, 0.6) is 0 Å². The van der Waals surface area contributed by atoms with E-state index >= 15 is 0 Å². The Kier molecular flexibility index (Phi) is 3.26. The summed E-state index contributed by atoms with van der Waals surface area (Å²) >= 11 is 5.93. The Labute approximate surface area is 152 Å². The van der Waals surface area contributed by atoms with Gasteiger partial charge in [0.1, 0.15) is 23.2 Å². The van der Waals surface area contributed by atoms with Gasteiger partial charge in [0.25, 0.3) is 0 Å². The summed E-state index contributed by atoms with van der Waals surface area (Å²) in [5, 5.41) is 3.37. The Morgan fingerprint density at radius 3 is 2.85 bits per heavy atom. The van der Waals surface area contributed by atoms with E-state index in [9.17, 15) is 4.39 Å². The van der Waals surface area contributed by atoms with Crippen LogP contribution in [0.2, 0.25) is 5.02 Å². The van der Waals surface area contributed by atoms with E-state index in [1.54, 1.807) is 30.7 Å². The van der Waals surface area contributed by atoms with E-state index in [1.807, 2.05) is 18.2 Å². The second-order valence-corrected chi connectivity index (χ2v) is 6.29. The molecule has 0 bridgehead atoms. The first-order valence-corrected chi connectivity index (χ1v) is 8.31. The fraction of sp³-hybridized carbons (Fsp3) is 0. The molecule has 4 aromatic rings. The molecule has 0 spiro atoms. The first-order chi connectivity index (χ1) is 12.7. The molecule has 0 atom stereocenters. The number of H-pyrrole nitrogens is 1. The number of aromatic amines is 1. The average molecular weight is 364 g/mol. The van der Waals surface area contributed by atoms with Crippen LogP contribution >= 0.6 is 11.6 Å². The minimum absolute atomic E-state index is 0.0578. The number of fused-ring (bicyclic) bond motifs is 5. The third-order valence-electron chi connectivity index (χ3n) is 4.30. The van der Waals surface area contributed by atoms with Crippen LogP contribution < -0.4 is 5.32 Å². The van der Waals surface area contributed by atoms with E-state index in [4.69, 9.17) is 16.6 Å². The number of anilines is 2. The van der Waals surface area contributed by atoms with Gasteiger partial charge in [0.15, 0.2) is 0 Å². The van der Waals surface area contributed by atoms with E-state index in [0.717, 1.165) is 28.2 Å². The molecule has 5 nitrogen and oxygen atoms in total. The van der Waals surface area contributed by atoms with Crippen LogP contribution in [0, 0.1) is 5.82 Å². The molecule has 5 rings (SSSR count). The van der Waals surface area contributed by atoms with Crippen molar-refractivity contribution in [2.75, 3.05) is 5.32 Å². The van der Waals surface area contributed by atoms with E-state index in [0.29, 0.717) is 17.2 Å². The highest BCUT2D eigenvalue weighted by molar-refractivity contribution is 6.31. The number of nitrogens with zero attached hydrogens (tertiary/aromatic N) is 3. The Balaban J connectivity index is 1.78. The summed E-state index contributed by atoms with van der Waals surface area (Å²) in [4.78, 5) is 16.7. The number of aromatic nitrogens is 4. The predicted molar refractivity (Wildman–Crippen MR) is 98.7 cm³/mol. The molecular formula is C19H11ClFN5. The lowest BCUT2D eigenvalue weighted by Crippen LogP contribution is -1.95. The molecule has 0 unspecified atom stereocenters. The lowest BCUT2D eigenvalue weighted by molar-refractivity contribution is 0.628. The van der Waals surface area contributed by atoms with Crippen LogP contribution in [0.1, 0.15) is 0 Å². The van der Waals surface area contributed by atoms with Gasteiger partial charge >= 0.3 is 0 Å². The topological polar surface area (TPSA) is 66.5 Å². The zero-order valence-corrected chi connectivity index (χ0v) is 14.0. The summed E-state index contributed by atoms with van der Waals surface area (Å²) in [7, 11) is 0. The molecule has 4 heterocycles. The first kappa shape index (κ1) is 15.0. The van der Waals surface area contributed by atoms with Crippen molar-refractivity contribution in [2.45, 2.75) is 0 Å². The van der Waals surface area contributed by atoms with Gasteiger partial charge in [-0.2, -0.15) is 0 Å². The molecule has 26 heavy (non-hydrogen) atoms. The molecule has 7 heteroatoms. The average Bonchev–Trinajstić information content (AvgIpc) is 3.05. The highest BCUT2D eigenvalue weighted by Gasteiger charge is 2.24. The Morgan fingerprint density at radius 1 is 1.04 bits per heavy atom. The summed E-state index contributed by atoms with van der Waals surface area (Å²) in [5.41, 5.74) is 4.95. The maximum absolute atomic E-state index is 13.5. The van der Waals surface area contributed by atoms with Crippen LogP contribution in [0.15, 0.2) is 55.0 Å². The van der Waals surface area contributed by atoms with Crippen LogP contribution in [0.4, 0.5) is 15.9 Å². The summed E-state index contributed by atoms with van der Waals surface area (Å²) in [6.45, 7) is 0. The summed E-state index contributed by atoms with van der Waals surface area (Å²) in [6, 6.07) is 10.3. The van der Waals surface area contributed by atoms with Crippen molar-refractivity contribution in [2.24, 2.45) is 0 Å². The zero-order chi connectivity index (χ0) is 17.7. The molecule has 126 valence electrons. The highest BCUT2D eigenvalue weighted by atomic mass is 35.5. The number of benzene rings is 1. The van der Waals surface area contributed by atoms with E-state index in [1.165, 1.54) is 6.07 Å². The quantitative estimate of drug-likeness (QED) is 0.437. The number of pyridine rings is 2. The summed E-state index contributed by atoms with van der Waals surface area (Å²) in [5.74, 6) is 0.853. The lowest BCUT2D eigenvalue weighted by Gasteiger charge is -2.07. The van der Waals surface area contributed by atoms with Gasteiger partial charge in [-0.3, -0.25) is 4.98 Å². The van der Waals surface area contributed by atoms with Gasteiger partial charge in [0.2, 0.25) is 0 Å². The molecular weight excluding hydrogens is 353 g/mol. The van der Waals surface area contributed by atoms with Crippen molar-refractivity contribution < 1.29 is 4.39 Å². The van der Waals surface area contributed by atoms with Gasteiger partial charge in [-0.1, -0.05) is 11.6 Å². The Bertz CT molecular complexity index is 1090. The van der Waals surface area contributed by atoms with Crippen molar-refractivity contribution in [3.05, 3.63) is 65.8 Å². The smallest absolute Gasteiger partial charge is 0.141 e. The number of hydrogen-bond donors (Lipinski definition) is 2. The van der Waals surface area contributed by atoms with E-state index in [-0.39, 0.29) is 5.02 Å². The molecule has 1 aliphatic rings. The van der Waals surface area contributed by atoms with Crippen molar-refractivity contribution in [1.29, 1.82) is 0 Å². The Morgan fingerprint density at radius 2 is 1.96 bits per heavy atom. The highest BCUT2D eigenvalue weighted by Crippen LogP contribution is 2.42. The monoisotopic (exact) mass is 363 g/mol. The maximum atomic E-state index is 13.5. The van der Waals surface area contributed by atoms with Gasteiger partial charge < -0.3 is 10.3 Å². The lowest BCUT2D eigenvalue weighted by atomic mass is 10.1. The molecule has 0 aliphatic carbocycles. The predicted octanol–water partition coefficient (Wildman–Crippen LogP) is 5.05. The van der Waals surface area contributed by atoms with Gasteiger partial charge in [-0.25, -0.2) is 14.4 Å². The third-order valence-corrected chi connectivity index (χ3v) is 4.59. The molecule has 0 fully saturated rings. The van der Waals surface area contributed by atoms with Crippen molar-refractivity contribution >= 4 is 23.1 Å². The van der Waals surface area contributed by atoms with Gasteiger partial charge in [-0.15, -0.1) is 0 Å². The molecule has 3 aromatic heterocycles. The van der Waals surface area contributed by atoms with Crippen LogP contribution in [0.25, 0.3) is 33.9 Å². The van der Waals surface area contributed by atoms with E-state index < -0.39 is 5.82 Å². The molecule has 1 aliphatic heterocycles. The molecule has 2 N–H and O–H groups in total. The number of halogens is 2. The molecule has 0 radical (unpaired) electrons. The van der Waals surface area contributed by atoms with Crippen LogP contribution in [0.3, 0.4) is 0 Å². The molecule has 0 saturated heterocycles. The second kappa shape index (κ2) is 5.64. The number of hydrogen-bond acceptors (Lipinski definition) is 4. The molecule has 1 aromatic carbocycles. The fourth-order valence-electron chi connectivity index (χ4n) is 3.08. The van der Waals surface area contributed by atoms with Gasteiger partial charge in [0, 0.05) is 29.1 Å². The van der Waals surface area contributed by atoms with Crippen molar-refractivity contribution in [3.63, 3.8) is 0 Å². The van der Waals surface area contributed by atoms with Crippen LogP contribution in [-0.4, -0.2) is 19.9 Å². The number of imidazole rings is 1. The minimum Gasteiger partial charge on any atom is -0.338 e. The van der Waals surface area contributed by atoms with Gasteiger partial charge in [0.05, 0.1) is 22.6 Å². The van der Waals surface area contributed by atoms with E-state index in [2.05, 4.69) is 20.3 Å². The largest absolute Gasteiger partial charge is 0.338 e. The van der Waals surface area contributed by atoms with Crippen molar-refractivity contribution in [1.82, 2.24) is 19.9 Å².